The minimum Gasteiger partial charge on any atom is -0.496 e. The number of likely N-dealkylation sites (N-methyl/N-ethyl adjacent to an activating group) is 1. The van der Waals surface area contributed by atoms with Crippen LogP contribution in [0.3, 0.4) is 0 Å². The second-order valence-electron chi connectivity index (χ2n) is 11.0. The van der Waals surface area contributed by atoms with Gasteiger partial charge in [-0.1, -0.05) is 57.6 Å². The number of rotatable bonds is 6. The van der Waals surface area contributed by atoms with Crippen LogP contribution in [0, 0.1) is 11.3 Å². The Morgan fingerprint density at radius 3 is 2.57 bits per heavy atom. The summed E-state index contributed by atoms with van der Waals surface area (Å²) in [5, 5.41) is 5.75. The van der Waals surface area contributed by atoms with E-state index >= 15 is 0 Å². The average molecular weight is 511 g/mol. The molecule has 4 rings (SSSR count). The molecule has 8 heteroatoms. The molecule has 0 radical (unpaired) electrons. The molecule has 4 N–H and O–H groups in total. The van der Waals surface area contributed by atoms with Gasteiger partial charge in [0.05, 0.1) is 19.2 Å². The third-order valence-corrected chi connectivity index (χ3v) is 7.42. The molecule has 0 bridgehead atoms. The Hall–Kier alpha value is -3.13. The number of hydrogen-bond donors (Lipinski definition) is 3. The number of nitrogens with two attached hydrogens (primary N) is 1. The van der Waals surface area contributed by atoms with Gasteiger partial charge < -0.3 is 26.0 Å². The zero-order chi connectivity index (χ0) is 27.2. The molecule has 0 aromatic heterocycles. The lowest BCUT2D eigenvalue weighted by Crippen LogP contribution is -2.56. The normalized spacial score (nSPS) is 20.7. The van der Waals surface area contributed by atoms with E-state index < -0.39 is 11.9 Å². The van der Waals surface area contributed by atoms with Crippen molar-refractivity contribution < 1.29 is 19.1 Å². The molecule has 2 fully saturated rings. The lowest BCUT2D eigenvalue weighted by Gasteiger charge is -2.35. The van der Waals surface area contributed by atoms with Gasteiger partial charge in [-0.3, -0.25) is 14.4 Å². The first-order valence-electron chi connectivity index (χ1n) is 13.2. The number of carbonyl (C=O) groups is 3. The second kappa shape index (κ2) is 12.4. The largest absolute Gasteiger partial charge is 0.496 e. The fourth-order valence-corrected chi connectivity index (χ4v) is 5.58. The highest BCUT2D eigenvalue weighted by molar-refractivity contribution is 5.98. The van der Waals surface area contributed by atoms with Gasteiger partial charge in [0.15, 0.2) is 0 Å². The number of fused-ring (bicyclic) bond motifs is 2. The molecule has 3 aliphatic rings. The fourth-order valence-electron chi connectivity index (χ4n) is 5.58. The number of primary amides is 1. The van der Waals surface area contributed by atoms with Crippen molar-refractivity contribution in [2.45, 2.75) is 65.0 Å². The summed E-state index contributed by atoms with van der Waals surface area (Å²) in [4.78, 5) is 38.4. The van der Waals surface area contributed by atoms with Crippen molar-refractivity contribution in [1.82, 2.24) is 15.5 Å². The van der Waals surface area contributed by atoms with Gasteiger partial charge in [-0.05, 0) is 61.3 Å². The van der Waals surface area contributed by atoms with Crippen LogP contribution in [0.1, 0.15) is 67.9 Å². The molecule has 2 aliphatic carbocycles. The minimum absolute atomic E-state index is 0.0985. The van der Waals surface area contributed by atoms with Crippen LogP contribution in [0.15, 0.2) is 30.4 Å². The highest BCUT2D eigenvalue weighted by Gasteiger charge is 2.44. The molecule has 1 aliphatic heterocycles. The molecule has 1 unspecified atom stereocenters. The van der Waals surface area contributed by atoms with Crippen molar-refractivity contribution in [3.05, 3.63) is 47.1 Å². The quantitative estimate of drug-likeness (QED) is 0.544. The fraction of sp³-hybridized carbons (Fsp3) is 0.552. The van der Waals surface area contributed by atoms with Crippen molar-refractivity contribution in [2.24, 2.45) is 17.1 Å². The molecule has 1 heterocycles. The number of nitrogens with one attached hydrogen (secondary N) is 2. The van der Waals surface area contributed by atoms with Gasteiger partial charge >= 0.3 is 0 Å². The van der Waals surface area contributed by atoms with Crippen molar-refractivity contribution in [2.75, 3.05) is 27.2 Å². The molecule has 37 heavy (non-hydrogen) atoms. The summed E-state index contributed by atoms with van der Waals surface area (Å²) in [5.41, 5.74) is 7.54. The van der Waals surface area contributed by atoms with Gasteiger partial charge in [0.25, 0.3) is 5.91 Å². The Labute approximate surface area is 220 Å². The van der Waals surface area contributed by atoms with Gasteiger partial charge in [0.2, 0.25) is 11.8 Å². The van der Waals surface area contributed by atoms with E-state index in [1.54, 1.807) is 13.1 Å². The van der Waals surface area contributed by atoms with E-state index in [9.17, 15) is 14.4 Å². The number of ether oxygens (including phenoxy) is 1. The summed E-state index contributed by atoms with van der Waals surface area (Å²) in [6.07, 6.45) is 13.3. The molecule has 3 atom stereocenters. The zero-order valence-corrected chi connectivity index (χ0v) is 22.8. The predicted molar refractivity (Wildman–Crippen MR) is 146 cm³/mol. The number of methoxy groups -OCH3 is 1. The highest BCUT2D eigenvalue weighted by Crippen LogP contribution is 2.39. The number of hydrogen-bond acceptors (Lipinski definition) is 5. The summed E-state index contributed by atoms with van der Waals surface area (Å²) in [6.45, 7) is 7.13. The van der Waals surface area contributed by atoms with Crippen LogP contribution in [-0.2, 0) is 16.0 Å². The van der Waals surface area contributed by atoms with Crippen LogP contribution in [0.25, 0.3) is 6.08 Å². The van der Waals surface area contributed by atoms with Gasteiger partial charge in [-0.15, -0.1) is 0 Å². The van der Waals surface area contributed by atoms with E-state index in [4.69, 9.17) is 10.5 Å². The maximum atomic E-state index is 13.0. The minimum atomic E-state index is -0.447. The maximum Gasteiger partial charge on any atom is 0.252 e. The molecule has 1 saturated heterocycles. The zero-order valence-electron chi connectivity index (χ0n) is 22.8. The van der Waals surface area contributed by atoms with E-state index in [-0.39, 0.29) is 23.8 Å². The van der Waals surface area contributed by atoms with Crippen molar-refractivity contribution in [3.8, 4) is 5.75 Å². The Morgan fingerprint density at radius 2 is 1.92 bits per heavy atom. The van der Waals surface area contributed by atoms with E-state index in [2.05, 4.69) is 10.6 Å². The molecule has 202 valence electrons. The van der Waals surface area contributed by atoms with E-state index in [1.807, 2.05) is 56.0 Å². The summed E-state index contributed by atoms with van der Waals surface area (Å²) in [7, 11) is 3.27. The smallest absolute Gasteiger partial charge is 0.252 e. The van der Waals surface area contributed by atoms with Crippen LogP contribution in [0.2, 0.25) is 0 Å². The summed E-state index contributed by atoms with van der Waals surface area (Å²) >= 11 is 0. The van der Waals surface area contributed by atoms with Gasteiger partial charge in [0.1, 0.15) is 11.8 Å². The standard InChI is InChI=1S/C16H29N3O2.C13H13NO2/c1-16(2,3)14(18-13(20)10-17-4)15(21)19-9-8-11-6-5-7-12(11)19;1-16-11-8-7-9-5-3-2-4-6-10(9)12(11)13(14)15/h11-12,14,17H,5-10H2,1-4H3,(H,18,20);2-5,7-8H,6H2,1H3,(H2,14,15)/t11-,12-,14?;/m1./s1. The highest BCUT2D eigenvalue weighted by atomic mass is 16.5. The van der Waals surface area contributed by atoms with Gasteiger partial charge in [0, 0.05) is 12.6 Å². The topological polar surface area (TPSA) is 114 Å². The number of nitrogens with zero attached hydrogens (tertiary/aromatic N) is 1. The first-order chi connectivity index (χ1) is 17.6. The summed E-state index contributed by atoms with van der Waals surface area (Å²) in [6, 6.07) is 3.67. The molecular formula is C29H42N4O4. The number of benzene rings is 1. The molecule has 8 nitrogen and oxygen atoms in total. The molecule has 1 aromatic rings. The first-order valence-corrected chi connectivity index (χ1v) is 13.2. The van der Waals surface area contributed by atoms with E-state index in [0.29, 0.717) is 29.7 Å². The molecule has 3 amide bonds. The second-order valence-corrected chi connectivity index (χ2v) is 11.0. The summed E-state index contributed by atoms with van der Waals surface area (Å²) < 4.78 is 5.16. The predicted octanol–water partition coefficient (Wildman–Crippen LogP) is 3.06. The Balaban J connectivity index is 0.000000213. The first kappa shape index (κ1) is 28.4. The van der Waals surface area contributed by atoms with E-state index in [1.165, 1.54) is 20.0 Å². The number of allylic oxidation sites excluding steroid dienone is 3. The third kappa shape index (κ3) is 6.80. The number of likely N-dealkylation sites (tertiary alicyclic amines) is 1. The third-order valence-electron chi connectivity index (χ3n) is 7.42. The SMILES string of the molecule is CNCC(=O)NC(C(=O)N1CC[C@H]2CCC[C@H]21)C(C)(C)C.COc1ccc2c(c1C(N)=O)CC=CC=C2. The molecular weight excluding hydrogens is 468 g/mol. The van der Waals surface area contributed by atoms with E-state index in [0.717, 1.165) is 30.5 Å². The van der Waals surface area contributed by atoms with Crippen molar-refractivity contribution >= 4 is 23.8 Å². The Kier molecular flexibility index (Phi) is 9.54. The van der Waals surface area contributed by atoms with Crippen molar-refractivity contribution in [1.29, 1.82) is 0 Å². The lowest BCUT2D eigenvalue weighted by molar-refractivity contribution is -0.140. The molecule has 0 spiro atoms. The Bertz CT molecular complexity index is 1060. The molecule has 1 aromatic carbocycles. The van der Waals surface area contributed by atoms with Gasteiger partial charge in [-0.25, -0.2) is 0 Å². The summed E-state index contributed by atoms with van der Waals surface area (Å²) in [5.74, 6) is 0.754. The van der Waals surface area contributed by atoms with Crippen molar-refractivity contribution in [3.63, 3.8) is 0 Å². The Morgan fingerprint density at radius 1 is 1.16 bits per heavy atom. The number of carbonyl (C=O) groups excluding carboxylic acids is 3. The van der Waals surface area contributed by atoms with Crippen LogP contribution >= 0.6 is 0 Å². The van der Waals surface area contributed by atoms with Crippen LogP contribution in [0.4, 0.5) is 0 Å². The van der Waals surface area contributed by atoms with Gasteiger partial charge in [-0.2, -0.15) is 0 Å². The maximum absolute atomic E-state index is 13.0. The molecule has 1 saturated carbocycles. The number of amides is 3. The van der Waals surface area contributed by atoms with Crippen LogP contribution in [-0.4, -0.2) is 62.0 Å². The van der Waals surface area contributed by atoms with Crippen LogP contribution < -0.4 is 21.1 Å². The average Bonchev–Trinajstić information content (AvgIpc) is 3.38. The monoisotopic (exact) mass is 510 g/mol. The van der Waals surface area contributed by atoms with Crippen LogP contribution in [0.5, 0.6) is 5.75 Å². The lowest BCUT2D eigenvalue weighted by atomic mass is 9.85.